The zero-order chi connectivity index (χ0) is 32.2. The number of H-pyrrole nitrogens is 1. The molecule has 0 bridgehead atoms. The van der Waals surface area contributed by atoms with Gasteiger partial charge in [0, 0.05) is 47.6 Å². The van der Waals surface area contributed by atoms with Gasteiger partial charge in [-0.15, -0.1) is 11.3 Å². The quantitative estimate of drug-likeness (QED) is 0.142. The number of rotatable bonds is 8. The number of alkyl halides is 1. The number of nitrogens with zero attached hydrogens (tertiary/aromatic N) is 5. The number of amides is 1. The number of aromatic amines is 1. The molecule has 236 valence electrons. The molecule has 0 radical (unpaired) electrons. The minimum atomic E-state index is -1.44. The summed E-state index contributed by atoms with van der Waals surface area (Å²) < 4.78 is 52.1. The molecule has 0 spiro atoms. The Hall–Kier alpha value is -4.65. The first-order valence-electron chi connectivity index (χ1n) is 14.3. The Morgan fingerprint density at radius 3 is 2.96 bits per heavy atom. The van der Waals surface area contributed by atoms with Gasteiger partial charge in [-0.1, -0.05) is 17.7 Å². The topological polar surface area (TPSA) is 152 Å². The molecule has 0 aliphatic carbocycles. The van der Waals surface area contributed by atoms with Crippen LogP contribution >= 0.6 is 22.9 Å². The number of hydrogen-bond donors (Lipinski definition) is 4. The number of halogens is 4. The highest BCUT2D eigenvalue weighted by Gasteiger charge is 2.49. The second-order valence-electron chi connectivity index (χ2n) is 11.3. The van der Waals surface area contributed by atoms with Crippen LogP contribution in [-0.4, -0.2) is 67.7 Å². The number of anilines is 2. The molecule has 2 fully saturated rings. The molecule has 2 saturated heterocycles. The second-order valence-corrected chi connectivity index (χ2v) is 12.7. The second kappa shape index (κ2) is 11.6. The molecule has 2 aliphatic heterocycles. The summed E-state index contributed by atoms with van der Waals surface area (Å²) in [5.41, 5.74) is -0.146. The maximum atomic E-state index is 16.8. The van der Waals surface area contributed by atoms with E-state index in [0.717, 1.165) is 31.0 Å². The average molecular weight is 669 g/mol. The summed E-state index contributed by atoms with van der Waals surface area (Å²) in [5, 5.41) is 31.2. The summed E-state index contributed by atoms with van der Waals surface area (Å²) in [6.07, 6.45) is 2.86. The van der Waals surface area contributed by atoms with Crippen LogP contribution in [0.15, 0.2) is 30.6 Å². The monoisotopic (exact) mass is 668 g/mol. The molecule has 2 aliphatic rings. The Bertz CT molecular complexity index is 2050. The third kappa shape index (κ3) is 5.12. The van der Waals surface area contributed by atoms with Crippen LogP contribution in [0.1, 0.15) is 30.4 Å². The summed E-state index contributed by atoms with van der Waals surface area (Å²) in [4.78, 5) is 22.4. The third-order valence-corrected chi connectivity index (χ3v) is 9.91. The van der Waals surface area contributed by atoms with Gasteiger partial charge in [0.1, 0.15) is 41.0 Å². The summed E-state index contributed by atoms with van der Waals surface area (Å²) >= 11 is 7.42. The first-order chi connectivity index (χ1) is 22.2. The zero-order valence-electron chi connectivity index (χ0n) is 23.8. The first-order valence-corrected chi connectivity index (χ1v) is 15.5. The van der Waals surface area contributed by atoms with Gasteiger partial charge in [0.15, 0.2) is 5.82 Å². The van der Waals surface area contributed by atoms with Gasteiger partial charge in [0.05, 0.1) is 27.0 Å². The van der Waals surface area contributed by atoms with Crippen molar-refractivity contribution in [1.29, 1.82) is 5.26 Å². The highest BCUT2D eigenvalue weighted by molar-refractivity contribution is 7.23. The Labute approximate surface area is 268 Å². The Balaban J connectivity index is 1.37. The largest absolute Gasteiger partial charge is 0.465 e. The number of fused-ring (bicyclic) bond motifs is 3. The van der Waals surface area contributed by atoms with Crippen LogP contribution in [0.5, 0.6) is 6.01 Å². The van der Waals surface area contributed by atoms with Gasteiger partial charge in [-0.25, -0.2) is 18.0 Å². The number of hydrogen-bond acceptors (Lipinski definition) is 9. The van der Waals surface area contributed by atoms with E-state index in [4.69, 9.17) is 16.3 Å². The van der Waals surface area contributed by atoms with Gasteiger partial charge >= 0.3 is 12.1 Å². The van der Waals surface area contributed by atoms with Crippen LogP contribution in [0.25, 0.3) is 32.1 Å². The minimum Gasteiger partial charge on any atom is -0.465 e. The SMILES string of the molecule is N#Cc1c(NC(=O)O)sc2c(F)ccc(-c3c(Cl)cc4c(NCc5cn[nH]c5)nc(OC[C@@]56CCCN5C[C@H](F)C6)nc4c3F)c12. The summed E-state index contributed by atoms with van der Waals surface area (Å²) in [7, 11) is 0. The van der Waals surface area contributed by atoms with Crippen molar-refractivity contribution in [2.24, 2.45) is 0 Å². The maximum Gasteiger partial charge on any atom is 0.409 e. The molecule has 11 nitrogen and oxygen atoms in total. The van der Waals surface area contributed by atoms with Crippen LogP contribution < -0.4 is 15.4 Å². The normalized spacial score (nSPS) is 19.4. The van der Waals surface area contributed by atoms with Crippen LogP contribution in [0.2, 0.25) is 5.02 Å². The highest BCUT2D eigenvalue weighted by Crippen LogP contribution is 2.46. The fourth-order valence-corrected chi connectivity index (χ4v) is 7.87. The van der Waals surface area contributed by atoms with Crippen LogP contribution in [0, 0.1) is 23.0 Å². The molecule has 0 unspecified atom stereocenters. The lowest BCUT2D eigenvalue weighted by Gasteiger charge is -2.30. The molecule has 2 aromatic carbocycles. The van der Waals surface area contributed by atoms with Crippen molar-refractivity contribution in [1.82, 2.24) is 25.1 Å². The number of thiophene rings is 1. The van der Waals surface area contributed by atoms with Gasteiger partial charge in [-0.2, -0.15) is 20.3 Å². The Morgan fingerprint density at radius 2 is 2.20 bits per heavy atom. The molecule has 1 amide bonds. The van der Waals surface area contributed by atoms with Gasteiger partial charge in [0.25, 0.3) is 0 Å². The smallest absolute Gasteiger partial charge is 0.409 e. The zero-order valence-corrected chi connectivity index (χ0v) is 25.4. The van der Waals surface area contributed by atoms with E-state index < -0.39 is 29.4 Å². The van der Waals surface area contributed by atoms with Crippen molar-refractivity contribution in [3.05, 3.63) is 58.4 Å². The maximum absolute atomic E-state index is 16.8. The number of aromatic nitrogens is 4. The molecular weight excluding hydrogens is 645 g/mol. The lowest BCUT2D eigenvalue weighted by molar-refractivity contribution is 0.107. The Kier molecular flexibility index (Phi) is 7.58. The van der Waals surface area contributed by atoms with E-state index in [2.05, 4.69) is 35.7 Å². The van der Waals surface area contributed by atoms with E-state index in [1.54, 1.807) is 12.4 Å². The van der Waals surface area contributed by atoms with Crippen molar-refractivity contribution in [2.45, 2.75) is 37.5 Å². The summed E-state index contributed by atoms with van der Waals surface area (Å²) in [5.74, 6) is -1.39. The average Bonchev–Trinajstić information content (AvgIpc) is 3.80. The summed E-state index contributed by atoms with van der Waals surface area (Å²) in [6, 6.07) is 5.61. The van der Waals surface area contributed by atoms with Crippen LogP contribution in [0.3, 0.4) is 0 Å². The van der Waals surface area contributed by atoms with Gasteiger partial charge in [-0.3, -0.25) is 15.3 Å². The molecule has 4 N–H and O–H groups in total. The standard InChI is InChI=1S/C30H24ClF3N8O3S/c31-19-6-17-24(23(34)22(19)16-2-3-20(33)25-21(16)18(8-35)27(46-25)41-29(43)44)39-28(40-26(17)36-9-14-10-37-38-11-14)45-13-30-4-1-5-42(30)12-15(32)7-30/h2-3,6,10-11,15,41H,1,4-5,7,9,12-13H2,(H,37,38)(H,43,44)(H,36,39,40)/t15-,30+/m1/s1. The number of benzene rings is 2. The first kappa shape index (κ1) is 30.0. The molecule has 16 heteroatoms. The van der Waals surface area contributed by atoms with Crippen molar-refractivity contribution in [3.63, 3.8) is 0 Å². The molecule has 3 aromatic heterocycles. The molecular formula is C30H24ClF3N8O3S. The van der Waals surface area contributed by atoms with Gasteiger partial charge in [0.2, 0.25) is 0 Å². The van der Waals surface area contributed by atoms with Gasteiger partial charge in [-0.05, 0) is 37.1 Å². The van der Waals surface area contributed by atoms with E-state index in [1.807, 2.05) is 6.07 Å². The van der Waals surface area contributed by atoms with Crippen molar-refractivity contribution < 1.29 is 27.8 Å². The number of carboxylic acid groups (broad SMARTS) is 1. The van der Waals surface area contributed by atoms with Crippen molar-refractivity contribution in [3.8, 4) is 23.2 Å². The fourth-order valence-electron chi connectivity index (χ4n) is 6.50. The van der Waals surface area contributed by atoms with Crippen LogP contribution in [0.4, 0.5) is 28.8 Å². The molecule has 5 heterocycles. The van der Waals surface area contributed by atoms with E-state index in [-0.39, 0.29) is 72.7 Å². The number of nitrogens with one attached hydrogen (secondary N) is 3. The van der Waals surface area contributed by atoms with E-state index >= 15 is 4.39 Å². The predicted octanol–water partition coefficient (Wildman–Crippen LogP) is 6.70. The number of nitriles is 1. The van der Waals surface area contributed by atoms with Crippen molar-refractivity contribution >= 4 is 60.8 Å². The Morgan fingerprint density at radius 1 is 1.35 bits per heavy atom. The van der Waals surface area contributed by atoms with Gasteiger partial charge < -0.3 is 15.2 Å². The van der Waals surface area contributed by atoms with E-state index in [9.17, 15) is 23.9 Å². The number of carbonyl (C=O) groups is 1. The lowest BCUT2D eigenvalue weighted by Crippen LogP contribution is -2.43. The van der Waals surface area contributed by atoms with E-state index in [1.165, 1.54) is 12.1 Å². The molecule has 2 atom stereocenters. The third-order valence-electron chi connectivity index (χ3n) is 8.50. The molecule has 46 heavy (non-hydrogen) atoms. The lowest BCUT2D eigenvalue weighted by atomic mass is 9.95. The minimum absolute atomic E-state index is 0.00247. The number of ether oxygens (including phenoxy) is 1. The molecule has 0 saturated carbocycles. The van der Waals surface area contributed by atoms with Crippen molar-refractivity contribution in [2.75, 3.05) is 30.3 Å². The molecule has 7 rings (SSSR count). The predicted molar refractivity (Wildman–Crippen MR) is 166 cm³/mol. The summed E-state index contributed by atoms with van der Waals surface area (Å²) in [6.45, 7) is 1.47. The highest BCUT2D eigenvalue weighted by atomic mass is 35.5. The molecule has 5 aromatic rings. The van der Waals surface area contributed by atoms with E-state index in [0.29, 0.717) is 24.3 Å². The fraction of sp³-hybridized carbons (Fsp3) is 0.300. The van der Waals surface area contributed by atoms with Crippen LogP contribution in [-0.2, 0) is 6.54 Å².